The molecule has 1 aromatic carbocycles. The van der Waals surface area contributed by atoms with Crippen LogP contribution in [0.4, 0.5) is 4.39 Å². The van der Waals surface area contributed by atoms with Crippen molar-refractivity contribution in [1.29, 1.82) is 0 Å². The van der Waals surface area contributed by atoms with Gasteiger partial charge in [0.2, 0.25) is 5.91 Å². The van der Waals surface area contributed by atoms with E-state index in [1.165, 1.54) is 12.1 Å². The van der Waals surface area contributed by atoms with Crippen LogP contribution in [0.15, 0.2) is 12.1 Å². The molecule has 6 heteroatoms. The summed E-state index contributed by atoms with van der Waals surface area (Å²) in [6, 6.07) is 2.79. The van der Waals surface area contributed by atoms with Crippen LogP contribution in [0.5, 0.6) is 0 Å². The SMILES string of the molecule is CC(C)(C)C(=O)NCc1ccc(Cl)c(C(N)=O)c1F. The number of carbonyl (C=O) groups excluding carboxylic acids is 2. The van der Waals surface area contributed by atoms with Gasteiger partial charge in [0.25, 0.3) is 5.91 Å². The zero-order valence-electron chi connectivity index (χ0n) is 11.0. The summed E-state index contributed by atoms with van der Waals surface area (Å²) in [5, 5.41) is 2.55. The van der Waals surface area contributed by atoms with Crippen LogP contribution in [0, 0.1) is 11.2 Å². The molecule has 0 saturated carbocycles. The normalized spacial score (nSPS) is 11.2. The smallest absolute Gasteiger partial charge is 0.253 e. The maximum Gasteiger partial charge on any atom is 0.253 e. The van der Waals surface area contributed by atoms with Crippen molar-refractivity contribution in [1.82, 2.24) is 5.32 Å². The van der Waals surface area contributed by atoms with Gasteiger partial charge in [-0.05, 0) is 6.07 Å². The first-order valence-corrected chi connectivity index (χ1v) is 6.07. The summed E-state index contributed by atoms with van der Waals surface area (Å²) >= 11 is 5.70. The maximum absolute atomic E-state index is 14.0. The second-order valence-electron chi connectivity index (χ2n) is 5.19. The minimum Gasteiger partial charge on any atom is -0.365 e. The van der Waals surface area contributed by atoms with Crippen LogP contribution in [0.3, 0.4) is 0 Å². The predicted molar refractivity (Wildman–Crippen MR) is 71.2 cm³/mol. The van der Waals surface area contributed by atoms with E-state index in [0.29, 0.717) is 0 Å². The minimum atomic E-state index is -0.938. The van der Waals surface area contributed by atoms with Crippen molar-refractivity contribution in [3.8, 4) is 0 Å². The Morgan fingerprint density at radius 2 is 1.95 bits per heavy atom. The lowest BCUT2D eigenvalue weighted by Gasteiger charge is -2.18. The van der Waals surface area contributed by atoms with Crippen molar-refractivity contribution in [3.05, 3.63) is 34.1 Å². The highest BCUT2D eigenvalue weighted by molar-refractivity contribution is 6.33. The summed E-state index contributed by atoms with van der Waals surface area (Å²) in [6.45, 7) is 5.21. The van der Waals surface area contributed by atoms with Crippen LogP contribution < -0.4 is 11.1 Å². The van der Waals surface area contributed by atoms with Crippen molar-refractivity contribution < 1.29 is 14.0 Å². The van der Waals surface area contributed by atoms with Crippen molar-refractivity contribution in [2.45, 2.75) is 27.3 Å². The number of nitrogens with two attached hydrogens (primary N) is 1. The Morgan fingerprint density at radius 3 is 2.42 bits per heavy atom. The van der Waals surface area contributed by atoms with Crippen molar-refractivity contribution in [3.63, 3.8) is 0 Å². The standard InChI is InChI=1S/C13H16ClFN2O2/c1-13(2,3)12(19)17-6-7-4-5-8(14)9(10(7)15)11(16)18/h4-5H,6H2,1-3H3,(H2,16,18)(H,17,19). The van der Waals surface area contributed by atoms with E-state index in [1.807, 2.05) is 0 Å². The van der Waals surface area contributed by atoms with Gasteiger partial charge in [-0.15, -0.1) is 0 Å². The number of hydrogen-bond donors (Lipinski definition) is 2. The molecule has 0 unspecified atom stereocenters. The van der Waals surface area contributed by atoms with Gasteiger partial charge in [0.1, 0.15) is 5.82 Å². The van der Waals surface area contributed by atoms with E-state index in [4.69, 9.17) is 17.3 Å². The molecule has 0 atom stereocenters. The van der Waals surface area contributed by atoms with Crippen molar-refractivity contribution in [2.75, 3.05) is 0 Å². The van der Waals surface area contributed by atoms with Crippen LogP contribution >= 0.6 is 11.6 Å². The molecule has 3 N–H and O–H groups in total. The van der Waals surface area contributed by atoms with E-state index >= 15 is 0 Å². The first kappa shape index (κ1) is 15.4. The molecule has 0 aromatic heterocycles. The van der Waals surface area contributed by atoms with Gasteiger partial charge >= 0.3 is 0 Å². The number of halogens is 2. The number of rotatable bonds is 3. The van der Waals surface area contributed by atoms with Gasteiger partial charge in [-0.25, -0.2) is 4.39 Å². The Hall–Kier alpha value is -1.62. The largest absolute Gasteiger partial charge is 0.365 e. The Labute approximate surface area is 116 Å². The predicted octanol–water partition coefficient (Wildman–Crippen LogP) is 2.24. The van der Waals surface area contributed by atoms with E-state index in [9.17, 15) is 14.0 Å². The Morgan fingerprint density at radius 1 is 1.37 bits per heavy atom. The third kappa shape index (κ3) is 3.67. The molecule has 0 saturated heterocycles. The quantitative estimate of drug-likeness (QED) is 0.894. The molecule has 1 rings (SSSR count). The molecule has 0 fully saturated rings. The van der Waals surface area contributed by atoms with Crippen LogP contribution in [0.1, 0.15) is 36.7 Å². The van der Waals surface area contributed by atoms with Gasteiger partial charge < -0.3 is 11.1 Å². The second-order valence-corrected chi connectivity index (χ2v) is 5.60. The Kier molecular flexibility index (Phi) is 4.52. The highest BCUT2D eigenvalue weighted by atomic mass is 35.5. The third-order valence-electron chi connectivity index (χ3n) is 2.54. The maximum atomic E-state index is 14.0. The molecule has 0 heterocycles. The number of primary amides is 1. The number of benzene rings is 1. The highest BCUT2D eigenvalue weighted by Crippen LogP contribution is 2.22. The van der Waals surface area contributed by atoms with E-state index in [-0.39, 0.29) is 28.6 Å². The first-order chi connectivity index (χ1) is 8.64. The molecular formula is C13H16ClFN2O2. The van der Waals surface area contributed by atoms with E-state index in [1.54, 1.807) is 20.8 Å². The third-order valence-corrected chi connectivity index (χ3v) is 2.85. The lowest BCUT2D eigenvalue weighted by atomic mass is 9.95. The summed E-state index contributed by atoms with van der Waals surface area (Å²) in [5.74, 6) is -1.96. The van der Waals surface area contributed by atoms with Crippen LogP contribution in [-0.2, 0) is 11.3 Å². The van der Waals surface area contributed by atoms with Gasteiger partial charge in [0.15, 0.2) is 0 Å². The molecule has 0 spiro atoms. The summed E-state index contributed by atoms with van der Waals surface area (Å²) < 4.78 is 14.0. The molecule has 4 nitrogen and oxygen atoms in total. The summed E-state index contributed by atoms with van der Waals surface area (Å²) in [4.78, 5) is 22.8. The topological polar surface area (TPSA) is 72.2 Å². The molecule has 0 bridgehead atoms. The van der Waals surface area contributed by atoms with Gasteiger partial charge in [0.05, 0.1) is 10.6 Å². The minimum absolute atomic E-state index is 0.0284. The van der Waals surface area contributed by atoms with Gasteiger partial charge in [0, 0.05) is 17.5 Å². The van der Waals surface area contributed by atoms with Crippen LogP contribution in [0.25, 0.3) is 0 Å². The fourth-order valence-electron chi connectivity index (χ4n) is 1.40. The highest BCUT2D eigenvalue weighted by Gasteiger charge is 2.22. The summed E-state index contributed by atoms with van der Waals surface area (Å²) in [7, 11) is 0. The molecular weight excluding hydrogens is 271 g/mol. The average molecular weight is 287 g/mol. The summed E-state index contributed by atoms with van der Waals surface area (Å²) in [5.41, 5.74) is 4.29. The van der Waals surface area contributed by atoms with Gasteiger partial charge in [-0.2, -0.15) is 0 Å². The fourth-order valence-corrected chi connectivity index (χ4v) is 1.64. The lowest BCUT2D eigenvalue weighted by molar-refractivity contribution is -0.128. The number of carbonyl (C=O) groups is 2. The van der Waals surface area contributed by atoms with E-state index < -0.39 is 17.1 Å². The monoisotopic (exact) mass is 286 g/mol. The Bertz CT molecular complexity index is 524. The zero-order valence-corrected chi connectivity index (χ0v) is 11.8. The first-order valence-electron chi connectivity index (χ1n) is 5.69. The second kappa shape index (κ2) is 5.57. The van der Waals surface area contributed by atoms with Crippen LogP contribution in [0.2, 0.25) is 5.02 Å². The molecule has 19 heavy (non-hydrogen) atoms. The Balaban J connectivity index is 2.95. The summed E-state index contributed by atoms with van der Waals surface area (Å²) in [6.07, 6.45) is 0. The van der Waals surface area contributed by atoms with Crippen LogP contribution in [-0.4, -0.2) is 11.8 Å². The zero-order chi connectivity index (χ0) is 14.8. The molecule has 0 aliphatic rings. The van der Waals surface area contributed by atoms with Crippen molar-refractivity contribution in [2.24, 2.45) is 11.1 Å². The molecule has 104 valence electrons. The van der Waals surface area contributed by atoms with Gasteiger partial charge in [-0.3, -0.25) is 9.59 Å². The number of nitrogens with one attached hydrogen (secondary N) is 1. The van der Waals surface area contributed by atoms with E-state index in [2.05, 4.69) is 5.32 Å². The molecule has 0 radical (unpaired) electrons. The van der Waals surface area contributed by atoms with Crippen molar-refractivity contribution >= 4 is 23.4 Å². The molecule has 2 amide bonds. The molecule has 1 aromatic rings. The number of hydrogen-bond acceptors (Lipinski definition) is 2. The lowest BCUT2D eigenvalue weighted by Crippen LogP contribution is -2.34. The molecule has 0 aliphatic heterocycles. The average Bonchev–Trinajstić information content (AvgIpc) is 2.25. The number of amides is 2. The van der Waals surface area contributed by atoms with E-state index in [0.717, 1.165) is 0 Å². The van der Waals surface area contributed by atoms with Gasteiger partial charge in [-0.1, -0.05) is 38.4 Å². The fraction of sp³-hybridized carbons (Fsp3) is 0.385. The molecule has 0 aliphatic carbocycles.